The normalized spacial score (nSPS) is 9.14. The second kappa shape index (κ2) is 4.03. The van der Waals surface area contributed by atoms with E-state index < -0.39 is 5.97 Å². The Bertz CT molecular complexity index is 448. The number of carboxylic acids is 1. The molecule has 14 heavy (non-hydrogen) atoms. The average Bonchev–Trinajstić information content (AvgIpc) is 2.16. The lowest BCUT2D eigenvalue weighted by Gasteiger charge is -2.01. The number of aldehydes is 1. The van der Waals surface area contributed by atoms with Crippen LogP contribution < -0.4 is 0 Å². The molecule has 5 heteroatoms. The van der Waals surface area contributed by atoms with Crippen LogP contribution in [0.4, 0.5) is 0 Å². The monoisotopic (exact) mass is 253 g/mol. The standard InChI is InChI=1S/C9H4BrNO3/c10-8-2-5(3-11)7(9(13)14)1-6(8)4-12/h1-2,4H,(H,13,14). The van der Waals surface area contributed by atoms with Crippen LogP contribution in [0.25, 0.3) is 0 Å². The van der Waals surface area contributed by atoms with Gasteiger partial charge in [0, 0.05) is 10.0 Å². The van der Waals surface area contributed by atoms with Crippen LogP contribution >= 0.6 is 15.9 Å². The van der Waals surface area contributed by atoms with E-state index in [1.165, 1.54) is 6.07 Å². The fraction of sp³-hybridized carbons (Fsp3) is 0. The van der Waals surface area contributed by atoms with E-state index in [-0.39, 0.29) is 16.7 Å². The Kier molecular flexibility index (Phi) is 2.99. The lowest BCUT2D eigenvalue weighted by molar-refractivity contribution is 0.0696. The molecule has 1 aromatic rings. The number of rotatable bonds is 2. The Morgan fingerprint density at radius 2 is 2.21 bits per heavy atom. The minimum Gasteiger partial charge on any atom is -0.478 e. The van der Waals surface area contributed by atoms with Crippen molar-refractivity contribution in [1.82, 2.24) is 0 Å². The zero-order valence-electron chi connectivity index (χ0n) is 6.82. The minimum absolute atomic E-state index is 0.0231. The van der Waals surface area contributed by atoms with Crippen LogP contribution in [0.5, 0.6) is 0 Å². The second-order valence-electron chi connectivity index (χ2n) is 2.45. The molecular weight excluding hydrogens is 250 g/mol. The van der Waals surface area contributed by atoms with Crippen LogP contribution in [0.15, 0.2) is 16.6 Å². The molecule has 0 saturated carbocycles. The summed E-state index contributed by atoms with van der Waals surface area (Å²) in [6.45, 7) is 0. The molecule has 0 spiro atoms. The van der Waals surface area contributed by atoms with Gasteiger partial charge >= 0.3 is 5.97 Å². The molecule has 0 aliphatic heterocycles. The molecule has 0 aliphatic carbocycles. The molecule has 0 fully saturated rings. The highest BCUT2D eigenvalue weighted by atomic mass is 79.9. The number of hydrogen-bond donors (Lipinski definition) is 1. The smallest absolute Gasteiger partial charge is 0.337 e. The largest absolute Gasteiger partial charge is 0.478 e. The van der Waals surface area contributed by atoms with Crippen molar-refractivity contribution in [2.24, 2.45) is 0 Å². The van der Waals surface area contributed by atoms with Crippen LogP contribution in [-0.2, 0) is 0 Å². The van der Waals surface area contributed by atoms with Gasteiger partial charge in [-0.1, -0.05) is 15.9 Å². The van der Waals surface area contributed by atoms with Crippen molar-refractivity contribution in [2.45, 2.75) is 0 Å². The average molecular weight is 254 g/mol. The summed E-state index contributed by atoms with van der Waals surface area (Å²) in [7, 11) is 0. The van der Waals surface area contributed by atoms with Gasteiger partial charge in [0.25, 0.3) is 0 Å². The molecule has 1 aromatic carbocycles. The van der Waals surface area contributed by atoms with E-state index in [1.807, 2.05) is 0 Å². The molecule has 70 valence electrons. The van der Waals surface area contributed by atoms with Crippen molar-refractivity contribution in [3.63, 3.8) is 0 Å². The van der Waals surface area contributed by atoms with Crippen molar-refractivity contribution in [2.75, 3.05) is 0 Å². The van der Waals surface area contributed by atoms with Gasteiger partial charge < -0.3 is 5.11 Å². The third-order valence-corrected chi connectivity index (χ3v) is 2.30. The van der Waals surface area contributed by atoms with Crippen LogP contribution in [0, 0.1) is 11.3 Å². The molecule has 4 nitrogen and oxygen atoms in total. The van der Waals surface area contributed by atoms with E-state index in [0.717, 1.165) is 6.07 Å². The molecule has 1 rings (SSSR count). The van der Waals surface area contributed by atoms with Gasteiger partial charge in [-0.05, 0) is 12.1 Å². The topological polar surface area (TPSA) is 78.2 Å². The highest BCUT2D eigenvalue weighted by molar-refractivity contribution is 9.10. The number of nitriles is 1. The quantitative estimate of drug-likeness (QED) is 0.816. The number of aromatic carboxylic acids is 1. The maximum Gasteiger partial charge on any atom is 0.337 e. The van der Waals surface area contributed by atoms with Gasteiger partial charge in [0.1, 0.15) is 6.07 Å². The maximum absolute atomic E-state index is 10.7. The molecule has 0 aromatic heterocycles. The van der Waals surface area contributed by atoms with Crippen LogP contribution in [0.1, 0.15) is 26.3 Å². The number of nitrogens with zero attached hydrogens (tertiary/aromatic N) is 1. The summed E-state index contributed by atoms with van der Waals surface area (Å²) in [6.07, 6.45) is 0.525. The van der Waals surface area contributed by atoms with Gasteiger partial charge in [-0.2, -0.15) is 5.26 Å². The predicted octanol–water partition coefficient (Wildman–Crippen LogP) is 1.83. The zero-order chi connectivity index (χ0) is 10.7. The second-order valence-corrected chi connectivity index (χ2v) is 3.31. The molecule has 1 N–H and O–H groups in total. The summed E-state index contributed by atoms with van der Waals surface area (Å²) in [5.74, 6) is -1.22. The highest BCUT2D eigenvalue weighted by Crippen LogP contribution is 2.20. The fourth-order valence-corrected chi connectivity index (χ4v) is 1.39. The molecule has 0 aliphatic rings. The van der Waals surface area contributed by atoms with Crippen LogP contribution in [0.3, 0.4) is 0 Å². The molecule has 0 unspecified atom stereocenters. The first-order valence-corrected chi connectivity index (χ1v) is 4.31. The first kappa shape index (κ1) is 10.4. The lowest BCUT2D eigenvalue weighted by atomic mass is 10.1. The van der Waals surface area contributed by atoms with Crippen molar-refractivity contribution >= 4 is 28.2 Å². The molecule has 0 heterocycles. The van der Waals surface area contributed by atoms with Gasteiger partial charge in [-0.3, -0.25) is 4.79 Å². The third kappa shape index (κ3) is 1.80. The molecule has 0 saturated heterocycles. The summed E-state index contributed by atoms with van der Waals surface area (Å²) in [5, 5.41) is 17.4. The number of carboxylic acid groups (broad SMARTS) is 1. The Labute approximate surface area is 87.9 Å². The van der Waals surface area contributed by atoms with Gasteiger partial charge in [-0.15, -0.1) is 0 Å². The van der Waals surface area contributed by atoms with Gasteiger partial charge in [-0.25, -0.2) is 4.79 Å². The Morgan fingerprint density at radius 3 is 2.64 bits per heavy atom. The van der Waals surface area contributed by atoms with Crippen molar-refractivity contribution in [3.8, 4) is 6.07 Å². The molecule has 0 bridgehead atoms. The molecular formula is C9H4BrNO3. The van der Waals surface area contributed by atoms with E-state index in [9.17, 15) is 9.59 Å². The Hall–Kier alpha value is -1.67. The van der Waals surface area contributed by atoms with Crippen molar-refractivity contribution in [1.29, 1.82) is 5.26 Å². The van der Waals surface area contributed by atoms with Gasteiger partial charge in [0.2, 0.25) is 0 Å². The van der Waals surface area contributed by atoms with Gasteiger partial charge in [0.05, 0.1) is 11.1 Å². The summed E-state index contributed by atoms with van der Waals surface area (Å²) in [6, 6.07) is 4.22. The van der Waals surface area contributed by atoms with Crippen molar-refractivity contribution < 1.29 is 14.7 Å². The number of carbonyl (C=O) groups excluding carboxylic acids is 1. The summed E-state index contributed by atoms with van der Waals surface area (Å²) < 4.78 is 0.411. The van der Waals surface area contributed by atoms with E-state index in [0.29, 0.717) is 10.8 Å². The SMILES string of the molecule is N#Cc1cc(Br)c(C=O)cc1C(=O)O. The summed E-state index contributed by atoms with van der Waals surface area (Å²) >= 11 is 3.06. The van der Waals surface area contributed by atoms with E-state index in [1.54, 1.807) is 6.07 Å². The first-order chi connectivity index (χ1) is 6.60. The third-order valence-electron chi connectivity index (χ3n) is 1.61. The molecule has 0 atom stereocenters. The Morgan fingerprint density at radius 1 is 1.57 bits per heavy atom. The molecule has 0 amide bonds. The number of halogens is 1. The minimum atomic E-state index is -1.22. The number of carbonyl (C=O) groups is 2. The van der Waals surface area contributed by atoms with Crippen molar-refractivity contribution in [3.05, 3.63) is 33.3 Å². The lowest BCUT2D eigenvalue weighted by Crippen LogP contribution is -2.02. The van der Waals surface area contributed by atoms with E-state index in [2.05, 4.69) is 15.9 Å². The summed E-state index contributed by atoms with van der Waals surface area (Å²) in [5.41, 5.74) is 0.0641. The summed E-state index contributed by atoms with van der Waals surface area (Å²) in [4.78, 5) is 21.2. The van der Waals surface area contributed by atoms with Crippen LogP contribution in [0.2, 0.25) is 0 Å². The zero-order valence-corrected chi connectivity index (χ0v) is 8.41. The fourth-order valence-electron chi connectivity index (χ4n) is 0.950. The molecule has 0 radical (unpaired) electrons. The Balaban J connectivity index is 3.49. The number of hydrogen-bond acceptors (Lipinski definition) is 3. The first-order valence-electron chi connectivity index (χ1n) is 3.52. The maximum atomic E-state index is 10.7. The predicted molar refractivity (Wildman–Crippen MR) is 51.2 cm³/mol. The van der Waals surface area contributed by atoms with E-state index in [4.69, 9.17) is 10.4 Å². The highest BCUT2D eigenvalue weighted by Gasteiger charge is 2.13. The van der Waals surface area contributed by atoms with Crippen LogP contribution in [-0.4, -0.2) is 17.4 Å². The van der Waals surface area contributed by atoms with Gasteiger partial charge in [0.15, 0.2) is 6.29 Å². The van der Waals surface area contributed by atoms with E-state index >= 15 is 0 Å². The number of benzene rings is 1.